The van der Waals surface area contributed by atoms with Gasteiger partial charge in [-0.15, -0.1) is 0 Å². The van der Waals surface area contributed by atoms with Gasteiger partial charge in [0.05, 0.1) is 18.2 Å². The number of aromatic nitrogens is 4. The summed E-state index contributed by atoms with van der Waals surface area (Å²) in [5.41, 5.74) is 0.803. The van der Waals surface area contributed by atoms with Gasteiger partial charge in [-0.3, -0.25) is 9.78 Å². The van der Waals surface area contributed by atoms with Gasteiger partial charge in [-0.05, 0) is 6.92 Å². The summed E-state index contributed by atoms with van der Waals surface area (Å²) in [7, 11) is 1.70. The number of piperidine rings is 1. The summed E-state index contributed by atoms with van der Waals surface area (Å²) in [6.45, 7) is 3.51. The normalized spacial score (nSPS) is 15.8. The molecule has 0 saturated carbocycles. The van der Waals surface area contributed by atoms with Crippen LogP contribution >= 0.6 is 0 Å². The van der Waals surface area contributed by atoms with E-state index >= 15 is 0 Å². The molecule has 1 aliphatic heterocycles. The molecule has 2 aromatic rings. The minimum absolute atomic E-state index is 0.0431. The van der Waals surface area contributed by atoms with Crippen molar-refractivity contribution in [2.75, 3.05) is 18.0 Å². The Balaban J connectivity index is 1.60. The van der Waals surface area contributed by atoms with Crippen molar-refractivity contribution < 1.29 is 4.74 Å². The quantitative estimate of drug-likeness (QED) is 0.839. The van der Waals surface area contributed by atoms with Crippen molar-refractivity contribution in [3.63, 3.8) is 0 Å². The first kappa shape index (κ1) is 14.5. The number of ether oxygens (including phenoxy) is 1. The third kappa shape index (κ3) is 3.24. The van der Waals surface area contributed by atoms with Crippen molar-refractivity contribution in [2.45, 2.75) is 25.9 Å². The van der Waals surface area contributed by atoms with Gasteiger partial charge >= 0.3 is 0 Å². The monoisotopic (exact) mass is 301 g/mol. The van der Waals surface area contributed by atoms with Crippen LogP contribution in [0, 0.1) is 6.92 Å². The molecule has 1 saturated heterocycles. The number of nitrogens with zero attached hydrogens (tertiary/aromatic N) is 5. The van der Waals surface area contributed by atoms with E-state index in [1.807, 2.05) is 6.92 Å². The number of hydrogen-bond acceptors (Lipinski definition) is 6. The summed E-state index contributed by atoms with van der Waals surface area (Å²) in [6, 6.07) is 1.58. The van der Waals surface area contributed by atoms with Crippen LogP contribution in [0.15, 0.2) is 29.6 Å². The Morgan fingerprint density at radius 2 is 2.05 bits per heavy atom. The van der Waals surface area contributed by atoms with Gasteiger partial charge in [0.25, 0.3) is 5.56 Å². The topological polar surface area (TPSA) is 73.1 Å². The van der Waals surface area contributed by atoms with Crippen molar-refractivity contribution in [1.29, 1.82) is 0 Å². The Morgan fingerprint density at radius 3 is 2.73 bits per heavy atom. The Labute approximate surface area is 128 Å². The summed E-state index contributed by atoms with van der Waals surface area (Å²) >= 11 is 0. The van der Waals surface area contributed by atoms with Crippen LogP contribution in [-0.2, 0) is 7.05 Å². The van der Waals surface area contributed by atoms with E-state index in [1.165, 1.54) is 4.57 Å². The molecule has 0 radical (unpaired) electrons. The third-order valence-corrected chi connectivity index (χ3v) is 3.75. The predicted octanol–water partition coefficient (Wildman–Crippen LogP) is 0.927. The fourth-order valence-corrected chi connectivity index (χ4v) is 2.50. The van der Waals surface area contributed by atoms with Crippen LogP contribution in [0.4, 0.5) is 5.82 Å². The molecule has 0 amide bonds. The number of rotatable bonds is 3. The standard InChI is InChI=1S/C15H19N5O2/c1-11-8-16-9-14(18-11)22-12-3-5-20(6-4-12)13-7-15(21)19(2)10-17-13/h7-10,12H,3-6H2,1-2H3. The maximum absolute atomic E-state index is 11.7. The highest BCUT2D eigenvalue weighted by Crippen LogP contribution is 2.20. The Hall–Kier alpha value is -2.44. The Morgan fingerprint density at radius 1 is 1.27 bits per heavy atom. The molecule has 1 fully saturated rings. The highest BCUT2D eigenvalue weighted by Gasteiger charge is 2.22. The van der Waals surface area contributed by atoms with Gasteiger partial charge in [0.2, 0.25) is 5.88 Å². The lowest BCUT2D eigenvalue weighted by atomic mass is 10.1. The molecule has 7 heteroatoms. The van der Waals surface area contributed by atoms with E-state index in [2.05, 4.69) is 19.9 Å². The van der Waals surface area contributed by atoms with Crippen molar-refractivity contribution in [3.05, 3.63) is 40.8 Å². The first-order chi connectivity index (χ1) is 10.6. The number of aryl methyl sites for hydroxylation is 2. The zero-order valence-corrected chi connectivity index (χ0v) is 12.8. The third-order valence-electron chi connectivity index (χ3n) is 3.75. The van der Waals surface area contributed by atoms with Crippen LogP contribution in [0.1, 0.15) is 18.5 Å². The van der Waals surface area contributed by atoms with Crippen molar-refractivity contribution in [1.82, 2.24) is 19.5 Å². The molecule has 3 heterocycles. The molecular formula is C15H19N5O2. The highest BCUT2D eigenvalue weighted by atomic mass is 16.5. The Kier molecular flexibility index (Phi) is 4.04. The van der Waals surface area contributed by atoms with E-state index in [1.54, 1.807) is 31.8 Å². The minimum Gasteiger partial charge on any atom is -0.473 e. The highest BCUT2D eigenvalue weighted by molar-refractivity contribution is 5.37. The second kappa shape index (κ2) is 6.13. The second-order valence-electron chi connectivity index (χ2n) is 5.50. The van der Waals surface area contributed by atoms with Gasteiger partial charge in [0.15, 0.2) is 0 Å². The molecule has 3 rings (SSSR count). The molecule has 0 unspecified atom stereocenters. The summed E-state index contributed by atoms with van der Waals surface area (Å²) < 4.78 is 7.34. The van der Waals surface area contributed by atoms with Crippen LogP contribution < -0.4 is 15.2 Å². The van der Waals surface area contributed by atoms with E-state index in [4.69, 9.17) is 4.74 Å². The predicted molar refractivity (Wildman–Crippen MR) is 82.1 cm³/mol. The zero-order valence-electron chi connectivity index (χ0n) is 12.8. The first-order valence-electron chi connectivity index (χ1n) is 7.35. The minimum atomic E-state index is -0.0431. The SMILES string of the molecule is Cc1cncc(OC2CCN(c3cc(=O)n(C)cn3)CC2)n1. The van der Waals surface area contributed by atoms with Crippen LogP contribution in [0.5, 0.6) is 5.88 Å². The molecule has 22 heavy (non-hydrogen) atoms. The molecule has 0 bridgehead atoms. The van der Waals surface area contributed by atoms with Crippen molar-refractivity contribution >= 4 is 5.82 Å². The number of anilines is 1. The fraction of sp³-hybridized carbons (Fsp3) is 0.467. The summed E-state index contributed by atoms with van der Waals surface area (Å²) in [4.78, 5) is 26.5. The van der Waals surface area contributed by atoms with Gasteiger partial charge in [-0.2, -0.15) is 0 Å². The smallest absolute Gasteiger partial charge is 0.255 e. The van der Waals surface area contributed by atoms with Crippen molar-refractivity contribution in [2.24, 2.45) is 7.05 Å². The fourth-order valence-electron chi connectivity index (χ4n) is 2.50. The average Bonchev–Trinajstić information content (AvgIpc) is 2.51. The van der Waals surface area contributed by atoms with E-state index in [9.17, 15) is 4.79 Å². The molecule has 2 aromatic heterocycles. The maximum atomic E-state index is 11.7. The molecule has 1 aliphatic rings. The number of hydrogen-bond donors (Lipinski definition) is 0. The summed E-state index contributed by atoms with van der Waals surface area (Å²) in [6.07, 6.45) is 6.76. The summed E-state index contributed by atoms with van der Waals surface area (Å²) in [5, 5.41) is 0. The largest absolute Gasteiger partial charge is 0.473 e. The molecule has 0 N–H and O–H groups in total. The lowest BCUT2D eigenvalue weighted by Gasteiger charge is -2.32. The molecule has 7 nitrogen and oxygen atoms in total. The summed E-state index contributed by atoms with van der Waals surface area (Å²) in [5.74, 6) is 1.31. The van der Waals surface area contributed by atoms with Crippen LogP contribution in [0.25, 0.3) is 0 Å². The molecular weight excluding hydrogens is 282 g/mol. The lowest BCUT2D eigenvalue weighted by Crippen LogP contribution is -2.39. The van der Waals surface area contributed by atoms with Gasteiger partial charge in [0, 0.05) is 45.2 Å². The average molecular weight is 301 g/mol. The van der Waals surface area contributed by atoms with E-state index in [0.717, 1.165) is 37.4 Å². The molecule has 0 atom stereocenters. The van der Waals surface area contributed by atoms with Crippen LogP contribution in [0.3, 0.4) is 0 Å². The van der Waals surface area contributed by atoms with Gasteiger partial charge in [0.1, 0.15) is 11.9 Å². The lowest BCUT2D eigenvalue weighted by molar-refractivity contribution is 0.163. The van der Waals surface area contributed by atoms with Gasteiger partial charge in [-0.25, -0.2) is 9.97 Å². The molecule has 0 aromatic carbocycles. The Bertz CT molecular complexity index is 707. The molecule has 116 valence electrons. The second-order valence-corrected chi connectivity index (χ2v) is 5.50. The van der Waals surface area contributed by atoms with Crippen molar-refractivity contribution in [3.8, 4) is 5.88 Å². The van der Waals surface area contributed by atoms with Gasteiger partial charge < -0.3 is 14.2 Å². The van der Waals surface area contributed by atoms with Crippen LogP contribution in [0.2, 0.25) is 0 Å². The van der Waals surface area contributed by atoms with E-state index in [-0.39, 0.29) is 11.7 Å². The first-order valence-corrected chi connectivity index (χ1v) is 7.35. The van der Waals surface area contributed by atoms with Crippen LogP contribution in [-0.4, -0.2) is 38.7 Å². The van der Waals surface area contributed by atoms with E-state index < -0.39 is 0 Å². The molecule has 0 aliphatic carbocycles. The van der Waals surface area contributed by atoms with Gasteiger partial charge in [-0.1, -0.05) is 0 Å². The maximum Gasteiger partial charge on any atom is 0.255 e. The molecule has 0 spiro atoms. The zero-order chi connectivity index (χ0) is 15.5. The van der Waals surface area contributed by atoms with E-state index in [0.29, 0.717) is 5.88 Å².